The summed E-state index contributed by atoms with van der Waals surface area (Å²) in [6.07, 6.45) is -3.15. The van der Waals surface area contributed by atoms with Crippen LogP contribution in [0.2, 0.25) is 0 Å². The average molecular weight is 619 g/mol. The molecule has 2 aliphatic heterocycles. The van der Waals surface area contributed by atoms with Gasteiger partial charge in [0.1, 0.15) is 5.54 Å². The molecule has 3 N–H and O–H groups in total. The Balaban J connectivity index is 0.000000566. The molecule has 0 radical (unpaired) electrons. The van der Waals surface area contributed by atoms with E-state index in [1.54, 1.807) is 0 Å². The van der Waals surface area contributed by atoms with Gasteiger partial charge in [0, 0.05) is 36.9 Å². The van der Waals surface area contributed by atoms with E-state index in [4.69, 9.17) is 9.90 Å². The van der Waals surface area contributed by atoms with Crippen LogP contribution in [0.3, 0.4) is 0 Å². The smallest absolute Gasteiger partial charge is 0.475 e. The van der Waals surface area contributed by atoms with Crippen LogP contribution in [0.25, 0.3) is 0 Å². The van der Waals surface area contributed by atoms with Gasteiger partial charge in [-0.1, -0.05) is 48.5 Å². The first-order chi connectivity index (χ1) is 20.9. The van der Waals surface area contributed by atoms with Gasteiger partial charge in [-0.2, -0.15) is 13.2 Å². The van der Waals surface area contributed by atoms with Crippen LogP contribution in [0.15, 0.2) is 78.9 Å². The van der Waals surface area contributed by atoms with E-state index < -0.39 is 35.2 Å². The lowest BCUT2D eigenvalue weighted by Crippen LogP contribution is -2.58. The van der Waals surface area contributed by atoms with Crippen LogP contribution in [-0.2, 0) is 16.0 Å². The number of carboxylic acid groups (broad SMARTS) is 1. The number of rotatable bonds is 7. The third-order valence-corrected chi connectivity index (χ3v) is 7.65. The third kappa shape index (κ3) is 7.90. The Labute approximate surface area is 250 Å². The van der Waals surface area contributed by atoms with Crippen molar-refractivity contribution in [3.63, 3.8) is 0 Å². The fourth-order valence-electron chi connectivity index (χ4n) is 5.42. The Morgan fingerprint density at radius 2 is 1.52 bits per heavy atom. The van der Waals surface area contributed by atoms with Gasteiger partial charge < -0.3 is 25.5 Å². The number of benzene rings is 3. The molecule has 13 heteroatoms. The summed E-state index contributed by atoms with van der Waals surface area (Å²) in [5.74, 6) is -5.18. The molecule has 234 valence electrons. The minimum absolute atomic E-state index is 0.0588. The zero-order valence-electron chi connectivity index (χ0n) is 23.5. The van der Waals surface area contributed by atoms with Crippen LogP contribution < -0.4 is 15.5 Å². The van der Waals surface area contributed by atoms with Gasteiger partial charge in [0.15, 0.2) is 11.6 Å². The number of nitrogens with one attached hydrogen (secondary N) is 2. The van der Waals surface area contributed by atoms with Crippen molar-refractivity contribution in [3.05, 3.63) is 102 Å². The highest BCUT2D eigenvalue weighted by molar-refractivity contribution is 5.94. The molecule has 2 amide bonds. The minimum atomic E-state index is -5.08. The van der Waals surface area contributed by atoms with Gasteiger partial charge in [0.05, 0.1) is 6.67 Å². The molecule has 3 aromatic carbocycles. The molecule has 2 heterocycles. The molecule has 2 fully saturated rings. The first kappa shape index (κ1) is 32.4. The molecule has 2 saturated heterocycles. The number of anilines is 1. The monoisotopic (exact) mass is 618 g/mol. The molecule has 0 bridgehead atoms. The lowest BCUT2D eigenvalue weighted by atomic mass is 9.85. The van der Waals surface area contributed by atoms with Crippen LogP contribution in [0.1, 0.15) is 28.8 Å². The number of amides is 2. The van der Waals surface area contributed by atoms with E-state index in [0.717, 1.165) is 23.4 Å². The Kier molecular flexibility index (Phi) is 10.2. The lowest BCUT2D eigenvalue weighted by Gasteiger charge is -2.44. The molecule has 0 unspecified atom stereocenters. The summed E-state index contributed by atoms with van der Waals surface area (Å²) in [5.41, 5.74) is 1.59. The van der Waals surface area contributed by atoms with Gasteiger partial charge in [-0.3, -0.25) is 9.59 Å². The normalized spacial score (nSPS) is 16.9. The van der Waals surface area contributed by atoms with Gasteiger partial charge in [-0.15, -0.1) is 0 Å². The van der Waals surface area contributed by atoms with Crippen LogP contribution in [-0.4, -0.2) is 71.9 Å². The summed E-state index contributed by atoms with van der Waals surface area (Å²) in [6, 6.07) is 22.7. The van der Waals surface area contributed by atoms with E-state index >= 15 is 0 Å². The summed E-state index contributed by atoms with van der Waals surface area (Å²) in [6.45, 7) is 2.46. The molecular formula is C31H31F5N4O4. The van der Waals surface area contributed by atoms with Crippen molar-refractivity contribution in [2.75, 3.05) is 31.2 Å². The Hall–Kier alpha value is -4.52. The van der Waals surface area contributed by atoms with Crippen LogP contribution >= 0.6 is 0 Å². The molecule has 8 nitrogen and oxygen atoms in total. The molecule has 3 aromatic rings. The van der Waals surface area contributed by atoms with E-state index in [-0.39, 0.29) is 17.5 Å². The van der Waals surface area contributed by atoms with Crippen molar-refractivity contribution in [3.8, 4) is 0 Å². The standard InChI is InChI=1S/C29H30F2N4O2.C2HF3O2/c30-25-12-11-22(18-26(25)31)27(36)33-23(17-21-7-3-1-4-8-21)19-34-15-13-29(14-16-34)28(37)32-20-35(29)24-9-5-2-6-10-24;3-2(4,5)1(6)7/h1-12,18,23H,13-17,19-20H2,(H,32,37)(H,33,36);(H,6,7)/t23-;/m0./s1. The maximum Gasteiger partial charge on any atom is 0.490 e. The number of piperidine rings is 1. The van der Waals surface area contributed by atoms with Crippen molar-refractivity contribution in [2.24, 2.45) is 0 Å². The summed E-state index contributed by atoms with van der Waals surface area (Å²) < 4.78 is 58.8. The van der Waals surface area contributed by atoms with Crippen LogP contribution in [0.5, 0.6) is 0 Å². The predicted octanol–water partition coefficient (Wildman–Crippen LogP) is 4.37. The Morgan fingerprint density at radius 3 is 2.09 bits per heavy atom. The van der Waals surface area contributed by atoms with Gasteiger partial charge in [0.2, 0.25) is 5.91 Å². The molecule has 0 aromatic heterocycles. The molecule has 2 aliphatic rings. The molecular weight excluding hydrogens is 587 g/mol. The zero-order valence-corrected chi connectivity index (χ0v) is 23.5. The lowest BCUT2D eigenvalue weighted by molar-refractivity contribution is -0.192. The number of carbonyl (C=O) groups excluding carboxylic acids is 2. The number of para-hydroxylation sites is 1. The largest absolute Gasteiger partial charge is 0.490 e. The average Bonchev–Trinajstić information content (AvgIpc) is 3.31. The van der Waals surface area contributed by atoms with Crippen molar-refractivity contribution in [2.45, 2.75) is 37.0 Å². The van der Waals surface area contributed by atoms with E-state index in [2.05, 4.69) is 20.4 Å². The number of carbonyl (C=O) groups is 3. The van der Waals surface area contributed by atoms with E-state index in [9.17, 15) is 31.5 Å². The minimum Gasteiger partial charge on any atom is -0.475 e. The van der Waals surface area contributed by atoms with Gasteiger partial charge in [-0.05, 0) is 55.2 Å². The number of likely N-dealkylation sites (tertiary alicyclic amines) is 1. The number of hydrogen-bond acceptors (Lipinski definition) is 5. The fourth-order valence-corrected chi connectivity index (χ4v) is 5.42. The first-order valence-corrected chi connectivity index (χ1v) is 13.8. The third-order valence-electron chi connectivity index (χ3n) is 7.65. The first-order valence-electron chi connectivity index (χ1n) is 13.8. The van der Waals surface area contributed by atoms with Crippen LogP contribution in [0, 0.1) is 11.6 Å². The topological polar surface area (TPSA) is 102 Å². The van der Waals surface area contributed by atoms with E-state index in [0.29, 0.717) is 45.6 Å². The maximum absolute atomic E-state index is 13.7. The van der Waals surface area contributed by atoms with Crippen molar-refractivity contribution >= 4 is 23.5 Å². The van der Waals surface area contributed by atoms with Crippen LogP contribution in [0.4, 0.5) is 27.6 Å². The van der Waals surface area contributed by atoms with Gasteiger partial charge >= 0.3 is 12.1 Å². The number of alkyl halides is 3. The number of hydrogen-bond donors (Lipinski definition) is 3. The van der Waals surface area contributed by atoms with E-state index in [1.807, 2.05) is 60.7 Å². The number of aliphatic carboxylic acids is 1. The van der Waals surface area contributed by atoms with Crippen molar-refractivity contribution < 1.29 is 41.4 Å². The second-order valence-electron chi connectivity index (χ2n) is 10.6. The second kappa shape index (κ2) is 13.8. The van der Waals surface area contributed by atoms with Crippen molar-refractivity contribution in [1.29, 1.82) is 0 Å². The highest BCUT2D eigenvalue weighted by atomic mass is 19.4. The predicted molar refractivity (Wildman–Crippen MR) is 152 cm³/mol. The van der Waals surface area contributed by atoms with Gasteiger partial charge in [0.25, 0.3) is 5.91 Å². The summed E-state index contributed by atoms with van der Waals surface area (Å²) in [7, 11) is 0. The highest BCUT2D eigenvalue weighted by Gasteiger charge is 2.50. The Morgan fingerprint density at radius 1 is 0.932 bits per heavy atom. The SMILES string of the molecule is O=C(N[C@@H](Cc1ccccc1)CN1CCC2(CC1)C(=O)NCN2c1ccccc1)c1ccc(F)c(F)c1.O=C(O)C(F)(F)F. The quantitative estimate of drug-likeness (QED) is 0.340. The highest BCUT2D eigenvalue weighted by Crippen LogP contribution is 2.36. The molecule has 1 atom stereocenters. The second-order valence-corrected chi connectivity index (χ2v) is 10.6. The molecule has 0 aliphatic carbocycles. The van der Waals surface area contributed by atoms with Crippen molar-refractivity contribution in [1.82, 2.24) is 15.5 Å². The number of carboxylic acids is 1. The number of halogens is 5. The molecule has 44 heavy (non-hydrogen) atoms. The summed E-state index contributed by atoms with van der Waals surface area (Å²) in [5, 5.41) is 13.2. The summed E-state index contributed by atoms with van der Waals surface area (Å²) >= 11 is 0. The maximum atomic E-state index is 13.7. The number of nitrogens with zero attached hydrogens (tertiary/aromatic N) is 2. The molecule has 1 spiro atoms. The summed E-state index contributed by atoms with van der Waals surface area (Å²) in [4.78, 5) is 39.2. The molecule has 0 saturated carbocycles. The van der Waals surface area contributed by atoms with E-state index in [1.165, 1.54) is 6.07 Å². The Bertz CT molecular complexity index is 1450. The van der Waals surface area contributed by atoms with Gasteiger partial charge in [-0.25, -0.2) is 13.6 Å². The fraction of sp³-hybridized carbons (Fsp3) is 0.323. The zero-order chi connectivity index (χ0) is 31.9. The molecule has 5 rings (SSSR count).